The van der Waals surface area contributed by atoms with Crippen LogP contribution in [-0.4, -0.2) is 41.7 Å². The van der Waals surface area contributed by atoms with E-state index >= 15 is 0 Å². The van der Waals surface area contributed by atoms with Gasteiger partial charge in [0.25, 0.3) is 11.6 Å². The molecule has 0 bridgehead atoms. The molecule has 0 aliphatic rings. The van der Waals surface area contributed by atoms with Crippen LogP contribution in [0.1, 0.15) is 43.5 Å². The first-order valence-corrected chi connectivity index (χ1v) is 7.88. The first kappa shape index (κ1) is 20.2. The van der Waals surface area contributed by atoms with Crippen molar-refractivity contribution < 1.29 is 29.1 Å². The number of unbranched alkanes of at least 4 members (excludes halogenated alkanes) is 1. The third-order valence-electron chi connectivity index (χ3n) is 3.47. The standard InChI is InChI=1S/C16H22N2O7/c1-4-6-7-11(16(20)21)17-15(19)10-8-14(25-5-2)13(24-3)9-12(10)18(22)23/h8-9,11H,4-7H2,1-3H3,(H,17,19)(H,20,21)/t11-/m0/s1. The van der Waals surface area contributed by atoms with Crippen molar-refractivity contribution in [2.45, 2.75) is 39.2 Å². The Morgan fingerprint density at radius 3 is 2.48 bits per heavy atom. The Hall–Kier alpha value is -2.84. The number of carboxylic acids is 1. The molecule has 0 aliphatic heterocycles. The summed E-state index contributed by atoms with van der Waals surface area (Å²) in [6, 6.07) is 1.15. The van der Waals surface area contributed by atoms with E-state index in [4.69, 9.17) is 9.47 Å². The van der Waals surface area contributed by atoms with Crippen LogP contribution in [0.3, 0.4) is 0 Å². The lowest BCUT2D eigenvalue weighted by molar-refractivity contribution is -0.385. The highest BCUT2D eigenvalue weighted by Gasteiger charge is 2.28. The number of aliphatic carboxylic acids is 1. The zero-order valence-corrected chi connectivity index (χ0v) is 14.4. The van der Waals surface area contributed by atoms with Gasteiger partial charge in [0.05, 0.1) is 24.7 Å². The molecular weight excluding hydrogens is 332 g/mol. The molecule has 0 heterocycles. The van der Waals surface area contributed by atoms with Crippen LogP contribution >= 0.6 is 0 Å². The maximum atomic E-state index is 12.4. The molecular formula is C16H22N2O7. The van der Waals surface area contributed by atoms with E-state index in [0.717, 1.165) is 12.5 Å². The van der Waals surface area contributed by atoms with Gasteiger partial charge in [0.1, 0.15) is 11.6 Å². The number of benzene rings is 1. The fraction of sp³-hybridized carbons (Fsp3) is 0.500. The Morgan fingerprint density at radius 1 is 1.32 bits per heavy atom. The molecule has 0 radical (unpaired) electrons. The summed E-state index contributed by atoms with van der Waals surface area (Å²) < 4.78 is 10.4. The lowest BCUT2D eigenvalue weighted by Crippen LogP contribution is -2.40. The van der Waals surface area contributed by atoms with Crippen molar-refractivity contribution in [2.75, 3.05) is 13.7 Å². The molecule has 0 saturated heterocycles. The van der Waals surface area contributed by atoms with Crippen LogP contribution in [-0.2, 0) is 4.79 Å². The number of nitrogens with one attached hydrogen (secondary N) is 1. The van der Waals surface area contributed by atoms with Crippen LogP contribution in [0.2, 0.25) is 0 Å². The van der Waals surface area contributed by atoms with Crippen LogP contribution in [0.15, 0.2) is 12.1 Å². The van der Waals surface area contributed by atoms with E-state index in [2.05, 4.69) is 5.32 Å². The predicted octanol–water partition coefficient (Wildman–Crippen LogP) is 2.38. The van der Waals surface area contributed by atoms with Crippen LogP contribution < -0.4 is 14.8 Å². The average molecular weight is 354 g/mol. The Bertz CT molecular complexity index is 646. The highest BCUT2D eigenvalue weighted by molar-refractivity contribution is 6.00. The van der Waals surface area contributed by atoms with E-state index in [1.807, 2.05) is 6.92 Å². The maximum Gasteiger partial charge on any atom is 0.326 e. The first-order chi connectivity index (χ1) is 11.8. The van der Waals surface area contributed by atoms with Gasteiger partial charge in [-0.05, 0) is 13.3 Å². The van der Waals surface area contributed by atoms with Crippen LogP contribution in [0.25, 0.3) is 0 Å². The zero-order chi connectivity index (χ0) is 19.0. The molecule has 9 nitrogen and oxygen atoms in total. The summed E-state index contributed by atoms with van der Waals surface area (Å²) in [5, 5.41) is 22.8. The van der Waals surface area contributed by atoms with Crippen molar-refractivity contribution in [3.63, 3.8) is 0 Å². The minimum atomic E-state index is -1.19. The highest BCUT2D eigenvalue weighted by atomic mass is 16.6. The molecule has 1 rings (SSSR count). The van der Waals surface area contributed by atoms with Crippen molar-refractivity contribution in [3.8, 4) is 11.5 Å². The molecule has 0 unspecified atom stereocenters. The van der Waals surface area contributed by atoms with Gasteiger partial charge in [0.2, 0.25) is 0 Å². The number of carboxylic acid groups (broad SMARTS) is 1. The lowest BCUT2D eigenvalue weighted by Gasteiger charge is -2.15. The molecule has 1 amide bonds. The summed E-state index contributed by atoms with van der Waals surface area (Å²) in [5.74, 6) is -1.76. The van der Waals surface area contributed by atoms with Crippen LogP contribution in [0.5, 0.6) is 11.5 Å². The average Bonchev–Trinajstić information content (AvgIpc) is 2.57. The zero-order valence-electron chi connectivity index (χ0n) is 14.4. The summed E-state index contributed by atoms with van der Waals surface area (Å²) in [7, 11) is 1.33. The van der Waals surface area contributed by atoms with Crippen LogP contribution in [0, 0.1) is 10.1 Å². The van der Waals surface area contributed by atoms with Gasteiger partial charge in [-0.15, -0.1) is 0 Å². The quantitative estimate of drug-likeness (QED) is 0.487. The Morgan fingerprint density at radius 2 is 2.00 bits per heavy atom. The predicted molar refractivity (Wildman–Crippen MR) is 89.2 cm³/mol. The fourth-order valence-electron chi connectivity index (χ4n) is 2.21. The topological polar surface area (TPSA) is 128 Å². The molecule has 1 aromatic rings. The molecule has 9 heteroatoms. The number of rotatable bonds is 10. The van der Waals surface area contributed by atoms with Crippen molar-refractivity contribution in [1.29, 1.82) is 0 Å². The summed E-state index contributed by atoms with van der Waals surface area (Å²) in [4.78, 5) is 34.2. The number of hydrogen-bond acceptors (Lipinski definition) is 6. The largest absolute Gasteiger partial charge is 0.493 e. The number of ether oxygens (including phenoxy) is 2. The van der Waals surface area contributed by atoms with E-state index in [9.17, 15) is 24.8 Å². The van der Waals surface area contributed by atoms with Crippen molar-refractivity contribution in [3.05, 3.63) is 27.8 Å². The van der Waals surface area contributed by atoms with Gasteiger partial charge in [-0.2, -0.15) is 0 Å². The van der Waals surface area contributed by atoms with E-state index in [1.165, 1.54) is 13.2 Å². The number of hydrogen-bond donors (Lipinski definition) is 2. The second kappa shape index (κ2) is 9.45. The van der Waals surface area contributed by atoms with Gasteiger partial charge in [0.15, 0.2) is 11.5 Å². The SMILES string of the molecule is CCCC[C@H](NC(=O)c1cc(OCC)c(OC)cc1[N+](=O)[O-])C(=O)O. The number of methoxy groups -OCH3 is 1. The molecule has 25 heavy (non-hydrogen) atoms. The number of nitrogens with zero attached hydrogens (tertiary/aromatic N) is 1. The second-order valence-corrected chi connectivity index (χ2v) is 5.22. The Kier molecular flexibility index (Phi) is 7.64. The van der Waals surface area contributed by atoms with Crippen molar-refractivity contribution >= 4 is 17.6 Å². The van der Waals surface area contributed by atoms with Crippen molar-refractivity contribution in [1.82, 2.24) is 5.32 Å². The first-order valence-electron chi connectivity index (χ1n) is 7.88. The molecule has 1 aromatic carbocycles. The summed E-state index contributed by atoms with van der Waals surface area (Å²) in [6.07, 6.45) is 1.60. The summed E-state index contributed by atoms with van der Waals surface area (Å²) in [5.41, 5.74) is -0.769. The Balaban J connectivity index is 3.23. The summed E-state index contributed by atoms with van der Waals surface area (Å²) in [6.45, 7) is 3.87. The number of nitro groups is 1. The van der Waals surface area contributed by atoms with Gasteiger partial charge in [-0.3, -0.25) is 14.9 Å². The molecule has 0 saturated carbocycles. The molecule has 0 spiro atoms. The van der Waals surface area contributed by atoms with Gasteiger partial charge < -0.3 is 19.9 Å². The smallest absolute Gasteiger partial charge is 0.326 e. The highest BCUT2D eigenvalue weighted by Crippen LogP contribution is 2.34. The summed E-state index contributed by atoms with van der Waals surface area (Å²) >= 11 is 0. The van der Waals surface area contributed by atoms with E-state index in [-0.39, 0.29) is 30.1 Å². The normalized spacial score (nSPS) is 11.5. The van der Waals surface area contributed by atoms with Gasteiger partial charge in [-0.25, -0.2) is 4.79 Å². The van der Waals surface area contributed by atoms with Gasteiger partial charge in [-0.1, -0.05) is 19.8 Å². The molecule has 1 atom stereocenters. The fourth-order valence-corrected chi connectivity index (χ4v) is 2.21. The number of nitro benzene ring substituents is 1. The molecule has 0 aromatic heterocycles. The monoisotopic (exact) mass is 354 g/mol. The number of carbonyl (C=O) groups excluding carboxylic acids is 1. The van der Waals surface area contributed by atoms with Gasteiger partial charge >= 0.3 is 5.97 Å². The third kappa shape index (κ3) is 5.33. The van der Waals surface area contributed by atoms with Crippen LogP contribution in [0.4, 0.5) is 5.69 Å². The lowest BCUT2D eigenvalue weighted by atomic mass is 10.1. The van der Waals surface area contributed by atoms with E-state index in [0.29, 0.717) is 6.42 Å². The van der Waals surface area contributed by atoms with E-state index in [1.54, 1.807) is 6.92 Å². The maximum absolute atomic E-state index is 12.4. The molecule has 2 N–H and O–H groups in total. The second-order valence-electron chi connectivity index (χ2n) is 5.22. The molecule has 138 valence electrons. The minimum absolute atomic E-state index is 0.117. The Labute approximate surface area is 145 Å². The van der Waals surface area contributed by atoms with E-state index < -0.39 is 28.5 Å². The number of amides is 1. The minimum Gasteiger partial charge on any atom is -0.493 e. The third-order valence-corrected chi connectivity index (χ3v) is 3.47. The molecule has 0 fully saturated rings. The van der Waals surface area contributed by atoms with Gasteiger partial charge in [0, 0.05) is 6.07 Å². The molecule has 0 aliphatic carbocycles. The number of carbonyl (C=O) groups is 2. The van der Waals surface area contributed by atoms with Crippen molar-refractivity contribution in [2.24, 2.45) is 0 Å².